The number of benzene rings is 3. The van der Waals surface area contributed by atoms with E-state index in [0.29, 0.717) is 11.5 Å². The molecule has 0 radical (unpaired) electrons. The van der Waals surface area contributed by atoms with Crippen molar-refractivity contribution in [1.29, 1.82) is 0 Å². The second-order valence-electron chi connectivity index (χ2n) is 6.48. The fourth-order valence-electron chi connectivity index (χ4n) is 3.44. The smallest absolute Gasteiger partial charge is 0.231 e. The maximum absolute atomic E-state index is 10.7. The zero-order valence-corrected chi connectivity index (χ0v) is 14.6. The first-order valence-corrected chi connectivity index (χ1v) is 8.64. The van der Waals surface area contributed by atoms with Crippen LogP contribution in [-0.2, 0) is 6.54 Å². The summed E-state index contributed by atoms with van der Waals surface area (Å²) in [7, 11) is 2.06. The average molecular weight is 347 g/mol. The van der Waals surface area contributed by atoms with Gasteiger partial charge < -0.3 is 14.6 Å². The molecule has 26 heavy (non-hydrogen) atoms. The number of hydrogen-bond donors (Lipinski definition) is 1. The Bertz CT molecular complexity index is 881. The second-order valence-corrected chi connectivity index (χ2v) is 6.48. The molecule has 0 spiro atoms. The molecular formula is C22H21NO3. The summed E-state index contributed by atoms with van der Waals surface area (Å²) in [5, 5.41) is 10.7. The highest BCUT2D eigenvalue weighted by atomic mass is 16.7. The van der Waals surface area contributed by atoms with Gasteiger partial charge in [0.2, 0.25) is 6.79 Å². The molecule has 4 heteroatoms. The summed E-state index contributed by atoms with van der Waals surface area (Å²) >= 11 is 0. The lowest BCUT2D eigenvalue weighted by Crippen LogP contribution is -2.25. The Morgan fingerprint density at radius 3 is 2.23 bits per heavy atom. The van der Waals surface area contributed by atoms with Crippen molar-refractivity contribution in [3.8, 4) is 17.2 Å². The van der Waals surface area contributed by atoms with Crippen LogP contribution in [0.15, 0.2) is 72.8 Å². The fourth-order valence-corrected chi connectivity index (χ4v) is 3.44. The van der Waals surface area contributed by atoms with Gasteiger partial charge >= 0.3 is 0 Å². The van der Waals surface area contributed by atoms with Crippen molar-refractivity contribution < 1.29 is 14.6 Å². The third-order valence-electron chi connectivity index (χ3n) is 4.65. The predicted molar refractivity (Wildman–Crippen MR) is 100 cm³/mol. The number of phenolic OH excluding ortho intramolecular Hbond substituents is 1. The third-order valence-corrected chi connectivity index (χ3v) is 4.65. The standard InChI is InChI=1S/C22H21NO3/c1-23(14-16-8-4-2-5-9-16)22(17-10-6-3-7-11-17)18-12-20-21(13-19(18)24)26-15-25-20/h2-13,22,24H,14-15H2,1H3/t22-/m0/s1. The molecule has 3 aromatic rings. The van der Waals surface area contributed by atoms with E-state index < -0.39 is 0 Å². The fraction of sp³-hybridized carbons (Fsp3) is 0.182. The van der Waals surface area contributed by atoms with Crippen LogP contribution in [0.2, 0.25) is 0 Å². The van der Waals surface area contributed by atoms with Gasteiger partial charge in [-0.2, -0.15) is 0 Å². The van der Waals surface area contributed by atoms with Gasteiger partial charge in [0.15, 0.2) is 11.5 Å². The Balaban J connectivity index is 1.74. The maximum Gasteiger partial charge on any atom is 0.231 e. The van der Waals surface area contributed by atoms with Crippen molar-refractivity contribution >= 4 is 0 Å². The Morgan fingerprint density at radius 1 is 0.923 bits per heavy atom. The van der Waals surface area contributed by atoms with Crippen LogP contribution in [0.1, 0.15) is 22.7 Å². The molecule has 0 aliphatic carbocycles. The molecule has 1 N–H and O–H groups in total. The minimum Gasteiger partial charge on any atom is -0.507 e. The van der Waals surface area contributed by atoms with E-state index in [1.165, 1.54) is 5.56 Å². The molecule has 4 rings (SSSR count). The number of aromatic hydroxyl groups is 1. The summed E-state index contributed by atoms with van der Waals surface area (Å²) in [6.07, 6.45) is 0. The van der Waals surface area contributed by atoms with Gasteiger partial charge in [-0.1, -0.05) is 60.7 Å². The van der Waals surface area contributed by atoms with E-state index in [-0.39, 0.29) is 18.6 Å². The third kappa shape index (κ3) is 3.24. The summed E-state index contributed by atoms with van der Waals surface area (Å²) in [6.45, 7) is 0.947. The first-order chi connectivity index (χ1) is 12.7. The van der Waals surface area contributed by atoms with E-state index in [2.05, 4.69) is 36.2 Å². The van der Waals surface area contributed by atoms with Crippen LogP contribution in [-0.4, -0.2) is 23.8 Å². The topological polar surface area (TPSA) is 41.9 Å². The van der Waals surface area contributed by atoms with Crippen LogP contribution in [0, 0.1) is 0 Å². The zero-order valence-electron chi connectivity index (χ0n) is 14.6. The van der Waals surface area contributed by atoms with Gasteiger partial charge in [0.1, 0.15) is 5.75 Å². The normalized spacial score (nSPS) is 13.8. The van der Waals surface area contributed by atoms with Gasteiger partial charge in [0, 0.05) is 18.2 Å². The summed E-state index contributed by atoms with van der Waals surface area (Å²) in [5.41, 5.74) is 3.13. The SMILES string of the molecule is CN(Cc1ccccc1)[C@@H](c1ccccc1)c1cc2c(cc1O)OCO2. The molecule has 1 aliphatic rings. The Morgan fingerprint density at radius 2 is 1.54 bits per heavy atom. The molecule has 0 bridgehead atoms. The van der Waals surface area contributed by atoms with Crippen molar-refractivity contribution in [1.82, 2.24) is 4.90 Å². The summed E-state index contributed by atoms with van der Waals surface area (Å²) < 4.78 is 10.9. The van der Waals surface area contributed by atoms with Gasteiger partial charge in [-0.05, 0) is 24.2 Å². The van der Waals surface area contributed by atoms with E-state index in [1.807, 2.05) is 42.5 Å². The minimum absolute atomic E-state index is 0.106. The first-order valence-electron chi connectivity index (χ1n) is 8.64. The van der Waals surface area contributed by atoms with E-state index in [4.69, 9.17) is 9.47 Å². The molecule has 1 atom stereocenters. The molecule has 0 unspecified atom stereocenters. The maximum atomic E-state index is 10.7. The zero-order chi connectivity index (χ0) is 17.9. The van der Waals surface area contributed by atoms with Crippen LogP contribution in [0.5, 0.6) is 17.2 Å². The van der Waals surface area contributed by atoms with Crippen LogP contribution in [0.3, 0.4) is 0 Å². The van der Waals surface area contributed by atoms with E-state index >= 15 is 0 Å². The molecule has 132 valence electrons. The minimum atomic E-state index is -0.106. The number of hydrogen-bond acceptors (Lipinski definition) is 4. The molecule has 1 heterocycles. The number of nitrogens with zero attached hydrogens (tertiary/aromatic N) is 1. The lowest BCUT2D eigenvalue weighted by Gasteiger charge is -2.29. The molecule has 0 saturated carbocycles. The molecule has 0 aromatic heterocycles. The largest absolute Gasteiger partial charge is 0.507 e. The van der Waals surface area contributed by atoms with Crippen molar-refractivity contribution in [2.45, 2.75) is 12.6 Å². The highest BCUT2D eigenvalue weighted by Crippen LogP contribution is 2.43. The second kappa shape index (κ2) is 7.10. The average Bonchev–Trinajstić information content (AvgIpc) is 3.11. The Hall–Kier alpha value is -2.98. The lowest BCUT2D eigenvalue weighted by molar-refractivity contribution is 0.173. The van der Waals surface area contributed by atoms with E-state index in [1.54, 1.807) is 6.07 Å². The Labute approximate surface area is 153 Å². The van der Waals surface area contributed by atoms with Gasteiger partial charge in [-0.15, -0.1) is 0 Å². The molecule has 3 aromatic carbocycles. The Kier molecular flexibility index (Phi) is 4.50. The molecular weight excluding hydrogens is 326 g/mol. The lowest BCUT2D eigenvalue weighted by atomic mass is 9.95. The number of fused-ring (bicyclic) bond motifs is 1. The van der Waals surface area contributed by atoms with Crippen molar-refractivity contribution in [2.75, 3.05) is 13.8 Å². The molecule has 0 saturated heterocycles. The molecule has 0 fully saturated rings. The van der Waals surface area contributed by atoms with E-state index in [9.17, 15) is 5.11 Å². The number of rotatable bonds is 5. The molecule has 4 nitrogen and oxygen atoms in total. The van der Waals surface area contributed by atoms with Crippen LogP contribution >= 0.6 is 0 Å². The van der Waals surface area contributed by atoms with Crippen molar-refractivity contribution in [3.63, 3.8) is 0 Å². The number of phenols is 1. The van der Waals surface area contributed by atoms with Gasteiger partial charge in [0.25, 0.3) is 0 Å². The molecule has 0 amide bonds. The van der Waals surface area contributed by atoms with Gasteiger partial charge in [-0.3, -0.25) is 4.90 Å². The van der Waals surface area contributed by atoms with Crippen LogP contribution in [0.4, 0.5) is 0 Å². The highest BCUT2D eigenvalue weighted by molar-refractivity contribution is 5.54. The van der Waals surface area contributed by atoms with Crippen LogP contribution in [0.25, 0.3) is 0 Å². The van der Waals surface area contributed by atoms with Gasteiger partial charge in [0.05, 0.1) is 6.04 Å². The summed E-state index contributed by atoms with van der Waals surface area (Å²) in [5.74, 6) is 1.47. The van der Waals surface area contributed by atoms with Crippen molar-refractivity contribution in [2.24, 2.45) is 0 Å². The monoisotopic (exact) mass is 347 g/mol. The van der Waals surface area contributed by atoms with Gasteiger partial charge in [-0.25, -0.2) is 0 Å². The van der Waals surface area contributed by atoms with Crippen LogP contribution < -0.4 is 9.47 Å². The quantitative estimate of drug-likeness (QED) is 0.745. The van der Waals surface area contributed by atoms with E-state index in [0.717, 1.165) is 17.7 Å². The summed E-state index contributed by atoms with van der Waals surface area (Å²) in [4.78, 5) is 2.22. The predicted octanol–water partition coefficient (Wildman–Crippen LogP) is 4.34. The first kappa shape index (κ1) is 16.5. The van der Waals surface area contributed by atoms with Crippen molar-refractivity contribution in [3.05, 3.63) is 89.5 Å². The highest BCUT2D eigenvalue weighted by Gasteiger charge is 2.26. The summed E-state index contributed by atoms with van der Waals surface area (Å²) in [6, 6.07) is 23.9. The number of ether oxygens (including phenoxy) is 2. The molecule has 1 aliphatic heterocycles.